The Bertz CT molecular complexity index is 487. The molecular formula is C14H21N3O3. The van der Waals surface area contributed by atoms with Crippen LogP contribution in [0.3, 0.4) is 0 Å². The van der Waals surface area contributed by atoms with Crippen LogP contribution in [0.5, 0.6) is 0 Å². The molecule has 110 valence electrons. The topological polar surface area (TPSA) is 104 Å². The third kappa shape index (κ3) is 5.17. The first-order chi connectivity index (χ1) is 9.40. The second-order valence-electron chi connectivity index (χ2n) is 4.98. The van der Waals surface area contributed by atoms with E-state index in [0.29, 0.717) is 30.4 Å². The Labute approximate surface area is 118 Å². The summed E-state index contributed by atoms with van der Waals surface area (Å²) in [6.07, 6.45) is 0.288. The molecule has 0 aliphatic heterocycles. The van der Waals surface area contributed by atoms with Gasteiger partial charge in [-0.25, -0.2) is 4.79 Å². The first-order valence-corrected chi connectivity index (χ1v) is 6.53. The van der Waals surface area contributed by atoms with Crippen LogP contribution in [-0.4, -0.2) is 30.1 Å². The van der Waals surface area contributed by atoms with Gasteiger partial charge in [-0.2, -0.15) is 0 Å². The van der Waals surface area contributed by atoms with Crippen molar-refractivity contribution in [2.24, 2.45) is 5.92 Å². The quantitative estimate of drug-likeness (QED) is 0.567. The van der Waals surface area contributed by atoms with Crippen LogP contribution in [0, 0.1) is 5.92 Å². The van der Waals surface area contributed by atoms with E-state index in [9.17, 15) is 9.59 Å². The number of nitrogens with one attached hydrogen (secondary N) is 2. The molecule has 0 fully saturated rings. The second-order valence-corrected chi connectivity index (χ2v) is 4.98. The summed E-state index contributed by atoms with van der Waals surface area (Å²) in [5.41, 5.74) is 6.51. The number of benzene rings is 1. The summed E-state index contributed by atoms with van der Waals surface area (Å²) in [7, 11) is 0. The molecule has 0 saturated heterocycles. The third-order valence-electron chi connectivity index (χ3n) is 2.65. The van der Waals surface area contributed by atoms with Crippen LogP contribution in [-0.2, 0) is 4.79 Å². The minimum absolute atomic E-state index is 0.0569. The maximum absolute atomic E-state index is 11.5. The molecule has 0 bridgehead atoms. The van der Waals surface area contributed by atoms with Gasteiger partial charge in [-0.1, -0.05) is 13.8 Å². The van der Waals surface area contributed by atoms with Gasteiger partial charge in [-0.3, -0.25) is 4.79 Å². The number of hydrogen-bond donors (Lipinski definition) is 4. The van der Waals surface area contributed by atoms with Crippen molar-refractivity contribution in [2.75, 3.05) is 24.1 Å². The van der Waals surface area contributed by atoms with Crippen LogP contribution < -0.4 is 16.4 Å². The fourth-order valence-corrected chi connectivity index (χ4v) is 1.61. The molecule has 0 unspecified atom stereocenters. The zero-order valence-corrected chi connectivity index (χ0v) is 11.8. The van der Waals surface area contributed by atoms with Crippen LogP contribution >= 0.6 is 0 Å². The number of nitrogen functional groups attached to an aromatic ring is 1. The van der Waals surface area contributed by atoms with Gasteiger partial charge < -0.3 is 21.5 Å². The predicted molar refractivity (Wildman–Crippen MR) is 78.8 cm³/mol. The molecule has 0 atom stereocenters. The largest absolute Gasteiger partial charge is 0.478 e. The van der Waals surface area contributed by atoms with Crippen molar-refractivity contribution in [3.63, 3.8) is 0 Å². The number of carboxylic acid groups (broad SMARTS) is 1. The number of rotatable bonds is 7. The molecular weight excluding hydrogens is 258 g/mol. The second kappa shape index (κ2) is 7.37. The van der Waals surface area contributed by atoms with Crippen molar-refractivity contribution in [3.05, 3.63) is 23.8 Å². The molecule has 0 radical (unpaired) electrons. The van der Waals surface area contributed by atoms with E-state index in [0.717, 1.165) is 0 Å². The highest BCUT2D eigenvalue weighted by Crippen LogP contribution is 2.18. The monoisotopic (exact) mass is 279 g/mol. The molecule has 0 spiro atoms. The van der Waals surface area contributed by atoms with Crippen molar-refractivity contribution in [1.82, 2.24) is 5.32 Å². The lowest BCUT2D eigenvalue weighted by Gasteiger charge is -2.11. The Morgan fingerprint density at radius 1 is 1.35 bits per heavy atom. The predicted octanol–water partition coefficient (Wildman–Crippen LogP) is 1.54. The average molecular weight is 279 g/mol. The van der Waals surface area contributed by atoms with Crippen LogP contribution in [0.2, 0.25) is 0 Å². The number of anilines is 2. The maximum Gasteiger partial charge on any atom is 0.337 e. The lowest BCUT2D eigenvalue weighted by Crippen LogP contribution is -2.28. The molecule has 5 N–H and O–H groups in total. The first-order valence-electron chi connectivity index (χ1n) is 6.53. The van der Waals surface area contributed by atoms with E-state index in [1.165, 1.54) is 6.07 Å². The number of carbonyl (C=O) groups is 2. The Morgan fingerprint density at radius 3 is 2.65 bits per heavy atom. The smallest absolute Gasteiger partial charge is 0.337 e. The van der Waals surface area contributed by atoms with Gasteiger partial charge in [0, 0.05) is 30.9 Å². The summed E-state index contributed by atoms with van der Waals surface area (Å²) in [5.74, 6) is -0.704. The van der Waals surface area contributed by atoms with Crippen molar-refractivity contribution in [2.45, 2.75) is 20.3 Å². The number of hydrogen-bond acceptors (Lipinski definition) is 4. The van der Waals surface area contributed by atoms with E-state index in [1.807, 2.05) is 13.8 Å². The minimum atomic E-state index is -1.05. The van der Waals surface area contributed by atoms with Crippen LogP contribution in [0.25, 0.3) is 0 Å². The van der Waals surface area contributed by atoms with E-state index in [2.05, 4.69) is 10.6 Å². The molecule has 6 heteroatoms. The van der Waals surface area contributed by atoms with Crippen LogP contribution in [0.1, 0.15) is 30.6 Å². The van der Waals surface area contributed by atoms with E-state index >= 15 is 0 Å². The number of carbonyl (C=O) groups excluding carboxylic acids is 1. The molecule has 1 aromatic carbocycles. The van der Waals surface area contributed by atoms with Gasteiger partial charge in [0.1, 0.15) is 0 Å². The Hall–Kier alpha value is -2.24. The zero-order chi connectivity index (χ0) is 15.1. The molecule has 0 aliphatic rings. The fraction of sp³-hybridized carbons (Fsp3) is 0.429. The molecule has 1 amide bonds. The summed E-state index contributed by atoms with van der Waals surface area (Å²) in [5, 5.41) is 14.8. The SMILES string of the molecule is CC(C)CNC(=O)CCNc1ccc(N)cc1C(=O)O. The highest BCUT2D eigenvalue weighted by molar-refractivity contribution is 5.95. The molecule has 1 rings (SSSR count). The Balaban J connectivity index is 2.50. The van der Waals surface area contributed by atoms with Gasteiger partial charge in [0.05, 0.1) is 5.56 Å². The van der Waals surface area contributed by atoms with Crippen LogP contribution in [0.4, 0.5) is 11.4 Å². The Morgan fingerprint density at radius 2 is 2.05 bits per heavy atom. The maximum atomic E-state index is 11.5. The highest BCUT2D eigenvalue weighted by atomic mass is 16.4. The summed E-state index contributed by atoms with van der Waals surface area (Å²) in [4.78, 5) is 22.6. The Kier molecular flexibility index (Phi) is 5.83. The van der Waals surface area contributed by atoms with Crippen molar-refractivity contribution in [3.8, 4) is 0 Å². The number of amides is 1. The number of aromatic carboxylic acids is 1. The van der Waals surface area contributed by atoms with Gasteiger partial charge in [-0.05, 0) is 24.1 Å². The number of carboxylic acids is 1. The summed E-state index contributed by atoms with van der Waals surface area (Å²) >= 11 is 0. The van der Waals surface area contributed by atoms with Crippen molar-refractivity contribution < 1.29 is 14.7 Å². The van der Waals surface area contributed by atoms with Gasteiger partial charge in [0.2, 0.25) is 5.91 Å². The molecule has 0 saturated carbocycles. The van der Waals surface area contributed by atoms with Gasteiger partial charge in [0.25, 0.3) is 0 Å². The first kappa shape index (κ1) is 15.8. The fourth-order valence-electron chi connectivity index (χ4n) is 1.61. The number of nitrogens with two attached hydrogens (primary N) is 1. The molecule has 20 heavy (non-hydrogen) atoms. The zero-order valence-electron chi connectivity index (χ0n) is 11.8. The molecule has 0 heterocycles. The lowest BCUT2D eigenvalue weighted by atomic mass is 10.1. The average Bonchev–Trinajstić information content (AvgIpc) is 2.37. The van der Waals surface area contributed by atoms with E-state index in [1.54, 1.807) is 12.1 Å². The van der Waals surface area contributed by atoms with Gasteiger partial charge in [0.15, 0.2) is 0 Å². The normalized spacial score (nSPS) is 10.3. The molecule has 6 nitrogen and oxygen atoms in total. The molecule has 1 aromatic rings. The highest BCUT2D eigenvalue weighted by Gasteiger charge is 2.10. The summed E-state index contributed by atoms with van der Waals surface area (Å²) < 4.78 is 0. The third-order valence-corrected chi connectivity index (χ3v) is 2.65. The van der Waals surface area contributed by atoms with E-state index in [4.69, 9.17) is 10.8 Å². The summed E-state index contributed by atoms with van der Waals surface area (Å²) in [6.45, 7) is 5.05. The molecule has 0 aliphatic carbocycles. The van der Waals surface area contributed by atoms with E-state index < -0.39 is 5.97 Å². The van der Waals surface area contributed by atoms with Crippen molar-refractivity contribution in [1.29, 1.82) is 0 Å². The molecule has 0 aromatic heterocycles. The van der Waals surface area contributed by atoms with Crippen molar-refractivity contribution >= 4 is 23.3 Å². The lowest BCUT2D eigenvalue weighted by molar-refractivity contribution is -0.120. The summed E-state index contributed by atoms with van der Waals surface area (Å²) in [6, 6.07) is 4.61. The van der Waals surface area contributed by atoms with Gasteiger partial charge >= 0.3 is 5.97 Å². The van der Waals surface area contributed by atoms with E-state index in [-0.39, 0.29) is 17.9 Å². The minimum Gasteiger partial charge on any atom is -0.478 e. The van der Waals surface area contributed by atoms with Crippen LogP contribution in [0.15, 0.2) is 18.2 Å². The van der Waals surface area contributed by atoms with Gasteiger partial charge in [-0.15, -0.1) is 0 Å². The standard InChI is InChI=1S/C14H21N3O3/c1-9(2)8-17-13(18)5-6-16-12-4-3-10(15)7-11(12)14(19)20/h3-4,7,9,16H,5-6,8,15H2,1-2H3,(H,17,18)(H,19,20).